The van der Waals surface area contributed by atoms with E-state index in [1.54, 1.807) is 11.3 Å². The maximum absolute atomic E-state index is 4.29. The van der Waals surface area contributed by atoms with Crippen LogP contribution in [-0.4, -0.2) is 36.6 Å². The molecule has 0 aromatic carbocycles. The van der Waals surface area contributed by atoms with Crippen molar-refractivity contribution < 1.29 is 0 Å². The van der Waals surface area contributed by atoms with E-state index in [0.29, 0.717) is 12.1 Å². The van der Waals surface area contributed by atoms with Crippen LogP contribution in [0.1, 0.15) is 36.9 Å². The Morgan fingerprint density at radius 2 is 2.19 bits per heavy atom. The van der Waals surface area contributed by atoms with Crippen molar-refractivity contribution in [3.05, 3.63) is 16.1 Å². The van der Waals surface area contributed by atoms with E-state index in [1.165, 1.54) is 11.3 Å². The lowest BCUT2D eigenvalue weighted by Crippen LogP contribution is -2.38. The molecule has 2 atom stereocenters. The average Bonchev–Trinajstić information content (AvgIpc) is 2.64. The highest BCUT2D eigenvalue weighted by atomic mass is 32.1. The third-order valence-corrected chi connectivity index (χ3v) is 4.15. The summed E-state index contributed by atoms with van der Waals surface area (Å²) in [6, 6.07) is 1.01. The maximum atomic E-state index is 4.29. The van der Waals surface area contributed by atoms with Crippen molar-refractivity contribution in [1.82, 2.24) is 15.2 Å². The van der Waals surface area contributed by atoms with Gasteiger partial charge in [-0.15, -0.1) is 11.3 Å². The first-order chi connectivity index (χ1) is 7.56. The Kier molecular flexibility index (Phi) is 5.38. The van der Waals surface area contributed by atoms with E-state index in [1.807, 2.05) is 5.51 Å². The van der Waals surface area contributed by atoms with Gasteiger partial charge in [0.05, 0.1) is 11.2 Å². The van der Waals surface area contributed by atoms with Crippen LogP contribution in [0.15, 0.2) is 5.51 Å². The van der Waals surface area contributed by atoms with Crippen LogP contribution in [0.3, 0.4) is 0 Å². The summed E-state index contributed by atoms with van der Waals surface area (Å²) in [5.74, 6) is 0. The standard InChI is InChI=1S/C12H23N3S/c1-6-11(15(4)5)7-13-9(2)12-10(3)14-8-16-12/h8-9,11,13H,6-7H2,1-5H3. The fourth-order valence-corrected chi connectivity index (χ4v) is 2.66. The summed E-state index contributed by atoms with van der Waals surface area (Å²) < 4.78 is 0. The lowest BCUT2D eigenvalue weighted by Gasteiger charge is -2.25. The zero-order valence-electron chi connectivity index (χ0n) is 10.9. The minimum absolute atomic E-state index is 0.404. The van der Waals surface area contributed by atoms with Crippen LogP contribution in [-0.2, 0) is 0 Å². The molecule has 0 spiro atoms. The molecule has 0 fully saturated rings. The van der Waals surface area contributed by atoms with Gasteiger partial charge in [0.15, 0.2) is 0 Å². The molecule has 0 amide bonds. The molecular weight excluding hydrogens is 218 g/mol. The highest BCUT2D eigenvalue weighted by Gasteiger charge is 2.13. The number of aromatic nitrogens is 1. The Hall–Kier alpha value is -0.450. The van der Waals surface area contributed by atoms with E-state index in [0.717, 1.165) is 12.2 Å². The van der Waals surface area contributed by atoms with Crippen LogP contribution in [0.5, 0.6) is 0 Å². The van der Waals surface area contributed by atoms with E-state index in [2.05, 4.69) is 50.1 Å². The first-order valence-corrected chi connectivity index (χ1v) is 6.74. The van der Waals surface area contributed by atoms with Crippen LogP contribution >= 0.6 is 11.3 Å². The number of thiazole rings is 1. The van der Waals surface area contributed by atoms with Gasteiger partial charge in [0.2, 0.25) is 0 Å². The van der Waals surface area contributed by atoms with Crippen molar-refractivity contribution >= 4 is 11.3 Å². The van der Waals surface area contributed by atoms with Crippen molar-refractivity contribution in [2.75, 3.05) is 20.6 Å². The lowest BCUT2D eigenvalue weighted by molar-refractivity contribution is 0.270. The maximum Gasteiger partial charge on any atom is 0.0798 e. The molecule has 1 heterocycles. The quantitative estimate of drug-likeness (QED) is 0.829. The van der Waals surface area contributed by atoms with Crippen molar-refractivity contribution in [2.45, 2.75) is 39.3 Å². The molecule has 92 valence electrons. The second-order valence-corrected chi connectivity index (χ2v) is 5.34. The van der Waals surface area contributed by atoms with Gasteiger partial charge in [0.1, 0.15) is 0 Å². The zero-order chi connectivity index (χ0) is 12.1. The van der Waals surface area contributed by atoms with Gasteiger partial charge in [-0.2, -0.15) is 0 Å². The topological polar surface area (TPSA) is 28.2 Å². The monoisotopic (exact) mass is 241 g/mol. The average molecular weight is 241 g/mol. The molecule has 0 aliphatic heterocycles. The minimum atomic E-state index is 0.404. The summed E-state index contributed by atoms with van der Waals surface area (Å²) in [6.07, 6.45) is 1.17. The number of hydrogen-bond acceptors (Lipinski definition) is 4. The lowest BCUT2D eigenvalue weighted by atomic mass is 10.2. The van der Waals surface area contributed by atoms with Crippen LogP contribution in [0.2, 0.25) is 0 Å². The summed E-state index contributed by atoms with van der Waals surface area (Å²) in [6.45, 7) is 7.55. The van der Waals surface area contributed by atoms with E-state index < -0.39 is 0 Å². The molecule has 1 rings (SSSR count). The number of aryl methyl sites for hydroxylation is 1. The van der Waals surface area contributed by atoms with E-state index in [9.17, 15) is 0 Å². The summed E-state index contributed by atoms with van der Waals surface area (Å²) in [5.41, 5.74) is 3.08. The third-order valence-electron chi connectivity index (χ3n) is 3.04. The van der Waals surface area contributed by atoms with Crippen LogP contribution in [0.4, 0.5) is 0 Å². The Bertz CT molecular complexity index is 309. The third kappa shape index (κ3) is 3.54. The fourth-order valence-electron chi connectivity index (χ4n) is 1.82. The first-order valence-electron chi connectivity index (χ1n) is 5.86. The molecule has 16 heavy (non-hydrogen) atoms. The van der Waals surface area contributed by atoms with Crippen molar-refractivity contribution in [3.8, 4) is 0 Å². The fraction of sp³-hybridized carbons (Fsp3) is 0.750. The second-order valence-electron chi connectivity index (χ2n) is 4.46. The molecule has 1 aromatic rings. The van der Waals surface area contributed by atoms with Crippen LogP contribution in [0.25, 0.3) is 0 Å². The van der Waals surface area contributed by atoms with Gasteiger partial charge in [-0.25, -0.2) is 4.98 Å². The molecule has 2 unspecified atom stereocenters. The highest BCUT2D eigenvalue weighted by Crippen LogP contribution is 2.20. The molecule has 0 aliphatic carbocycles. The predicted octanol–water partition coefficient (Wildman–Crippen LogP) is 2.44. The highest BCUT2D eigenvalue weighted by molar-refractivity contribution is 7.09. The van der Waals surface area contributed by atoms with Gasteiger partial charge >= 0.3 is 0 Å². The Balaban J connectivity index is 2.46. The predicted molar refractivity (Wildman–Crippen MR) is 71.0 cm³/mol. The van der Waals surface area contributed by atoms with Gasteiger partial charge in [-0.05, 0) is 34.4 Å². The van der Waals surface area contributed by atoms with Gasteiger partial charge in [-0.3, -0.25) is 0 Å². The zero-order valence-corrected chi connectivity index (χ0v) is 11.8. The molecule has 4 heteroatoms. The Morgan fingerprint density at radius 3 is 2.62 bits per heavy atom. The number of nitrogens with zero attached hydrogens (tertiary/aromatic N) is 2. The SMILES string of the molecule is CCC(CNC(C)c1scnc1C)N(C)C. The summed E-state index contributed by atoms with van der Waals surface area (Å²) in [7, 11) is 4.27. The smallest absolute Gasteiger partial charge is 0.0798 e. The van der Waals surface area contributed by atoms with Gasteiger partial charge in [0, 0.05) is 23.5 Å². The summed E-state index contributed by atoms with van der Waals surface area (Å²) >= 11 is 1.74. The molecule has 0 radical (unpaired) electrons. The molecule has 0 saturated heterocycles. The molecular formula is C12H23N3S. The van der Waals surface area contributed by atoms with Crippen molar-refractivity contribution in [1.29, 1.82) is 0 Å². The van der Waals surface area contributed by atoms with Gasteiger partial charge in [-0.1, -0.05) is 6.92 Å². The molecule has 0 bridgehead atoms. The van der Waals surface area contributed by atoms with E-state index in [-0.39, 0.29) is 0 Å². The summed E-state index contributed by atoms with van der Waals surface area (Å²) in [5, 5.41) is 3.59. The number of likely N-dealkylation sites (N-methyl/N-ethyl adjacent to an activating group) is 1. The van der Waals surface area contributed by atoms with Crippen molar-refractivity contribution in [3.63, 3.8) is 0 Å². The molecule has 0 saturated carbocycles. The van der Waals surface area contributed by atoms with E-state index >= 15 is 0 Å². The van der Waals surface area contributed by atoms with E-state index in [4.69, 9.17) is 0 Å². The number of nitrogens with one attached hydrogen (secondary N) is 1. The molecule has 1 N–H and O–H groups in total. The number of rotatable bonds is 6. The minimum Gasteiger partial charge on any atom is -0.308 e. The van der Waals surface area contributed by atoms with Crippen LogP contribution in [0, 0.1) is 6.92 Å². The Morgan fingerprint density at radius 1 is 1.50 bits per heavy atom. The largest absolute Gasteiger partial charge is 0.308 e. The molecule has 0 aliphatic rings. The first kappa shape index (κ1) is 13.6. The molecule has 3 nitrogen and oxygen atoms in total. The van der Waals surface area contributed by atoms with Crippen LogP contribution < -0.4 is 5.32 Å². The Labute approximate surface area is 103 Å². The summed E-state index contributed by atoms with van der Waals surface area (Å²) in [4.78, 5) is 7.92. The number of hydrogen-bond donors (Lipinski definition) is 1. The van der Waals surface area contributed by atoms with Gasteiger partial charge < -0.3 is 10.2 Å². The normalized spacial score (nSPS) is 15.4. The molecule has 1 aromatic heterocycles. The van der Waals surface area contributed by atoms with Crippen molar-refractivity contribution in [2.24, 2.45) is 0 Å². The second kappa shape index (κ2) is 6.33. The van der Waals surface area contributed by atoms with Gasteiger partial charge in [0.25, 0.3) is 0 Å².